The van der Waals surface area contributed by atoms with Crippen molar-refractivity contribution in [1.82, 2.24) is 4.90 Å². The third kappa shape index (κ3) is 5.47. The number of methoxy groups -OCH3 is 1. The van der Waals surface area contributed by atoms with E-state index in [1.54, 1.807) is 43.5 Å². The third-order valence-corrected chi connectivity index (χ3v) is 6.31. The van der Waals surface area contributed by atoms with Gasteiger partial charge in [-0.2, -0.15) is 0 Å². The quantitative estimate of drug-likeness (QED) is 0.414. The van der Waals surface area contributed by atoms with Crippen LogP contribution in [0.1, 0.15) is 38.5 Å². The maximum absolute atomic E-state index is 13.4. The monoisotopic (exact) mass is 462 g/mol. The first kappa shape index (κ1) is 23.5. The van der Waals surface area contributed by atoms with E-state index >= 15 is 0 Å². The molecule has 34 heavy (non-hydrogen) atoms. The Bertz CT molecular complexity index is 1050. The molecule has 1 atom stereocenters. The van der Waals surface area contributed by atoms with Crippen molar-refractivity contribution in [3.05, 3.63) is 66.2 Å². The molecule has 0 spiro atoms. The van der Waals surface area contributed by atoms with Crippen LogP contribution >= 0.6 is 0 Å². The second-order valence-electron chi connectivity index (χ2n) is 8.53. The molecule has 3 amide bonds. The van der Waals surface area contributed by atoms with Crippen molar-refractivity contribution in [1.29, 1.82) is 0 Å². The highest BCUT2D eigenvalue weighted by Crippen LogP contribution is 2.29. The zero-order valence-electron chi connectivity index (χ0n) is 19.4. The van der Waals surface area contributed by atoms with Gasteiger partial charge in [-0.25, -0.2) is 4.90 Å². The lowest BCUT2D eigenvalue weighted by molar-refractivity contribution is -0.140. The standard InChI is InChI=1S/C27H30N2O5/c1-33-22-14-12-21(13-15-22)29-25(30)18-24(27(29)32)28(17-16-20-8-4-2-5-9-20)26(31)19-34-23-10-6-3-7-11-23/h3,6-8,10-15,24H,2,4-5,9,16-19H2,1H3. The molecule has 2 aromatic carbocycles. The van der Waals surface area contributed by atoms with Crippen LogP contribution in [0.15, 0.2) is 66.2 Å². The third-order valence-electron chi connectivity index (χ3n) is 6.31. The van der Waals surface area contributed by atoms with E-state index in [9.17, 15) is 14.4 Å². The van der Waals surface area contributed by atoms with E-state index in [1.807, 2.05) is 18.2 Å². The molecule has 1 fully saturated rings. The Hall–Kier alpha value is -3.61. The number of benzene rings is 2. The van der Waals surface area contributed by atoms with E-state index in [1.165, 1.54) is 21.8 Å². The zero-order chi connectivity index (χ0) is 23.9. The first-order chi connectivity index (χ1) is 16.6. The number of nitrogens with zero attached hydrogens (tertiary/aromatic N) is 2. The number of hydrogen-bond acceptors (Lipinski definition) is 5. The summed E-state index contributed by atoms with van der Waals surface area (Å²) in [6, 6.07) is 15.0. The number of ether oxygens (including phenoxy) is 2. The maximum atomic E-state index is 13.4. The van der Waals surface area contributed by atoms with Crippen LogP contribution in [0.3, 0.4) is 0 Å². The fraction of sp³-hybridized carbons (Fsp3) is 0.370. The van der Waals surface area contributed by atoms with Gasteiger partial charge >= 0.3 is 0 Å². The van der Waals surface area contributed by atoms with Gasteiger partial charge in [0.2, 0.25) is 5.91 Å². The van der Waals surface area contributed by atoms with Crippen LogP contribution in [0.4, 0.5) is 5.69 Å². The number of imide groups is 1. The van der Waals surface area contributed by atoms with Crippen LogP contribution < -0.4 is 14.4 Å². The SMILES string of the molecule is COc1ccc(N2C(=O)CC(N(CCC3=CCCCC3)C(=O)COc3ccccc3)C2=O)cc1. The molecule has 7 heteroatoms. The topological polar surface area (TPSA) is 76.2 Å². The Morgan fingerprint density at radius 2 is 1.79 bits per heavy atom. The van der Waals surface area contributed by atoms with Crippen LogP contribution in [0.25, 0.3) is 0 Å². The summed E-state index contributed by atoms with van der Waals surface area (Å²) in [5.41, 5.74) is 1.78. The number of carbonyl (C=O) groups excluding carboxylic acids is 3. The maximum Gasteiger partial charge on any atom is 0.261 e. The second kappa shape index (κ2) is 11.0. The lowest BCUT2D eigenvalue weighted by atomic mass is 9.97. The zero-order valence-corrected chi connectivity index (χ0v) is 19.4. The molecule has 0 aromatic heterocycles. The van der Waals surface area contributed by atoms with Crippen LogP contribution in [0.2, 0.25) is 0 Å². The molecule has 0 N–H and O–H groups in total. The normalized spacial score (nSPS) is 18.0. The molecule has 1 aliphatic heterocycles. The van der Waals surface area contributed by atoms with E-state index < -0.39 is 6.04 Å². The van der Waals surface area contributed by atoms with Gasteiger partial charge in [0.15, 0.2) is 6.61 Å². The van der Waals surface area contributed by atoms with E-state index in [0.29, 0.717) is 30.2 Å². The van der Waals surface area contributed by atoms with Gasteiger partial charge < -0.3 is 14.4 Å². The molecular formula is C27H30N2O5. The molecule has 2 aromatic rings. The highest BCUT2D eigenvalue weighted by Gasteiger charge is 2.44. The summed E-state index contributed by atoms with van der Waals surface area (Å²) in [6.07, 6.45) is 7.27. The van der Waals surface area contributed by atoms with E-state index in [0.717, 1.165) is 19.3 Å². The fourth-order valence-electron chi connectivity index (χ4n) is 4.46. The highest BCUT2D eigenvalue weighted by molar-refractivity contribution is 6.23. The predicted molar refractivity (Wildman–Crippen MR) is 129 cm³/mol. The van der Waals surface area contributed by atoms with Crippen molar-refractivity contribution in [3.63, 3.8) is 0 Å². The summed E-state index contributed by atoms with van der Waals surface area (Å²) in [7, 11) is 1.56. The lowest BCUT2D eigenvalue weighted by Gasteiger charge is -2.28. The van der Waals surface area contributed by atoms with E-state index in [2.05, 4.69) is 6.08 Å². The Balaban J connectivity index is 1.51. The summed E-state index contributed by atoms with van der Waals surface area (Å²) >= 11 is 0. The summed E-state index contributed by atoms with van der Waals surface area (Å²) in [6.45, 7) is 0.187. The average Bonchev–Trinajstić information content (AvgIpc) is 3.17. The number of amides is 3. The van der Waals surface area contributed by atoms with Gasteiger partial charge in [-0.05, 0) is 68.5 Å². The minimum atomic E-state index is -0.842. The van der Waals surface area contributed by atoms with Crippen LogP contribution in [0, 0.1) is 0 Å². The van der Waals surface area contributed by atoms with Gasteiger partial charge in [0.25, 0.3) is 11.8 Å². The van der Waals surface area contributed by atoms with E-state index in [4.69, 9.17) is 9.47 Å². The smallest absolute Gasteiger partial charge is 0.261 e. The van der Waals surface area contributed by atoms with Gasteiger partial charge in [-0.1, -0.05) is 29.8 Å². The number of carbonyl (C=O) groups is 3. The Kier molecular flexibility index (Phi) is 7.62. The largest absolute Gasteiger partial charge is 0.497 e. The second-order valence-corrected chi connectivity index (χ2v) is 8.53. The van der Waals surface area contributed by atoms with Gasteiger partial charge in [-0.15, -0.1) is 0 Å². The Morgan fingerprint density at radius 1 is 1.03 bits per heavy atom. The van der Waals surface area contributed by atoms with Crippen LogP contribution in [-0.4, -0.2) is 48.9 Å². The summed E-state index contributed by atoms with van der Waals surface area (Å²) < 4.78 is 10.8. The molecule has 0 bridgehead atoms. The number of anilines is 1. The number of allylic oxidation sites excluding steroid dienone is 1. The molecular weight excluding hydrogens is 432 g/mol. The van der Waals surface area contributed by atoms with Crippen molar-refractivity contribution in [3.8, 4) is 11.5 Å². The molecule has 0 saturated carbocycles. The molecule has 178 valence electrons. The molecule has 1 aliphatic carbocycles. The first-order valence-electron chi connectivity index (χ1n) is 11.7. The first-order valence-corrected chi connectivity index (χ1v) is 11.7. The fourth-order valence-corrected chi connectivity index (χ4v) is 4.46. The lowest BCUT2D eigenvalue weighted by Crippen LogP contribution is -2.47. The molecule has 7 nitrogen and oxygen atoms in total. The molecule has 1 saturated heterocycles. The van der Waals surface area contributed by atoms with Crippen molar-refractivity contribution in [2.75, 3.05) is 25.2 Å². The number of rotatable bonds is 9. The molecule has 0 radical (unpaired) electrons. The Morgan fingerprint density at radius 3 is 2.47 bits per heavy atom. The van der Waals surface area contributed by atoms with Gasteiger partial charge in [-0.3, -0.25) is 14.4 Å². The van der Waals surface area contributed by atoms with Crippen molar-refractivity contribution < 1.29 is 23.9 Å². The van der Waals surface area contributed by atoms with Crippen molar-refractivity contribution in [2.24, 2.45) is 0 Å². The van der Waals surface area contributed by atoms with Gasteiger partial charge in [0.05, 0.1) is 19.2 Å². The molecule has 1 unspecified atom stereocenters. The Labute approximate surface area is 199 Å². The van der Waals surface area contributed by atoms with Gasteiger partial charge in [0.1, 0.15) is 17.5 Å². The summed E-state index contributed by atoms with van der Waals surface area (Å²) in [5, 5.41) is 0. The molecule has 2 aliphatic rings. The minimum absolute atomic E-state index is 0.0407. The average molecular weight is 463 g/mol. The summed E-state index contributed by atoms with van der Waals surface area (Å²) in [4.78, 5) is 42.2. The van der Waals surface area contributed by atoms with Crippen molar-refractivity contribution >= 4 is 23.4 Å². The van der Waals surface area contributed by atoms with Crippen molar-refractivity contribution in [2.45, 2.75) is 44.6 Å². The molecule has 1 heterocycles. The number of hydrogen-bond donors (Lipinski definition) is 0. The van der Waals surface area contributed by atoms with Gasteiger partial charge in [0, 0.05) is 6.54 Å². The predicted octanol–water partition coefficient (Wildman–Crippen LogP) is 4.13. The summed E-state index contributed by atoms with van der Waals surface area (Å²) in [5.74, 6) is 0.206. The molecule has 4 rings (SSSR count). The highest BCUT2D eigenvalue weighted by atomic mass is 16.5. The van der Waals surface area contributed by atoms with Crippen LogP contribution in [0.5, 0.6) is 11.5 Å². The number of para-hydroxylation sites is 1. The minimum Gasteiger partial charge on any atom is -0.497 e. The van der Waals surface area contributed by atoms with E-state index in [-0.39, 0.29) is 30.7 Å². The van der Waals surface area contributed by atoms with Crippen LogP contribution in [-0.2, 0) is 14.4 Å².